The van der Waals surface area contributed by atoms with E-state index in [1.54, 1.807) is 0 Å². The van der Waals surface area contributed by atoms with Crippen LogP contribution in [0.15, 0.2) is 0 Å². The molecule has 33 heavy (non-hydrogen) atoms. The number of alkyl halides is 15. The number of methoxy groups -OCH3 is 1. The average Bonchev–Trinajstić information content (AvgIpc) is 2.62. The van der Waals surface area contributed by atoms with Crippen LogP contribution in [0.25, 0.3) is 0 Å². The Morgan fingerprint density at radius 2 is 0.970 bits per heavy atom. The number of ether oxygens (including phenoxy) is 1. The predicted octanol–water partition coefficient (Wildman–Crippen LogP) is 4.67. The van der Waals surface area contributed by atoms with Crippen LogP contribution in [0.5, 0.6) is 0 Å². The molecule has 0 rings (SSSR count). The lowest BCUT2D eigenvalue weighted by molar-refractivity contribution is -0.449. The summed E-state index contributed by atoms with van der Waals surface area (Å²) in [6.45, 7) is 1.86. The molecular weight excluding hydrogens is 515 g/mol. The van der Waals surface area contributed by atoms with Gasteiger partial charge in [0.15, 0.2) is 0 Å². The van der Waals surface area contributed by atoms with Crippen LogP contribution in [0.3, 0.4) is 0 Å². The predicted molar refractivity (Wildman–Crippen MR) is 74.5 cm³/mol. The van der Waals surface area contributed by atoms with Gasteiger partial charge in [-0.3, -0.25) is 4.79 Å². The van der Waals surface area contributed by atoms with Crippen LogP contribution in [0.4, 0.5) is 65.9 Å². The molecule has 0 radical (unpaired) electrons. The molecule has 0 bridgehead atoms. The number of carbonyl (C=O) groups excluding carboxylic acids is 2. The van der Waals surface area contributed by atoms with Crippen LogP contribution in [-0.2, 0) is 14.3 Å². The Bertz CT molecular complexity index is 745. The molecule has 0 heterocycles. The molecule has 1 amide bonds. The monoisotopic (exact) mass is 527 g/mol. The molecule has 1 N–H and O–H groups in total. The Morgan fingerprint density at radius 3 is 1.27 bits per heavy atom. The van der Waals surface area contributed by atoms with E-state index >= 15 is 0 Å². The van der Waals surface area contributed by atoms with E-state index in [0.29, 0.717) is 12.4 Å². The Kier molecular flexibility index (Phi) is 8.04. The fraction of sp³-hybridized carbons (Fsp3) is 0.857. The van der Waals surface area contributed by atoms with Crippen molar-refractivity contribution in [2.45, 2.75) is 61.6 Å². The standard InChI is InChI=1S/C14H12F15NO3/c1-4(2)5(6(31)33-3)30-7(32)8(15,16)9(17,18)10(19,20)11(21,22)12(23,24)13(25,26)14(27,28)29/h4-5H,1-3H3,(H,30,32)/t5-/m0/s1. The third-order valence-electron chi connectivity index (χ3n) is 4.02. The number of carbonyl (C=O) groups is 2. The highest BCUT2D eigenvalue weighted by molar-refractivity contribution is 5.89. The second-order valence-corrected chi connectivity index (χ2v) is 6.66. The zero-order chi connectivity index (χ0) is 27.2. The molecule has 0 aliphatic rings. The van der Waals surface area contributed by atoms with Crippen LogP contribution in [0.2, 0.25) is 0 Å². The van der Waals surface area contributed by atoms with Gasteiger partial charge in [-0.25, -0.2) is 4.79 Å². The quantitative estimate of drug-likeness (QED) is 0.351. The summed E-state index contributed by atoms with van der Waals surface area (Å²) in [6.07, 6.45) is -7.73. The summed E-state index contributed by atoms with van der Waals surface area (Å²) >= 11 is 0. The first-order valence-corrected chi connectivity index (χ1v) is 7.92. The summed E-state index contributed by atoms with van der Waals surface area (Å²) in [5, 5.41) is 0.693. The first-order chi connectivity index (χ1) is 14.2. The normalized spacial score (nSPS) is 16.0. The van der Waals surface area contributed by atoms with Gasteiger partial charge in [-0.05, 0) is 5.92 Å². The summed E-state index contributed by atoms with van der Waals surface area (Å²) in [4.78, 5) is 22.7. The Labute approximate surface area is 173 Å². The van der Waals surface area contributed by atoms with Gasteiger partial charge in [0.25, 0.3) is 5.91 Å². The second kappa shape index (κ2) is 8.59. The highest BCUT2D eigenvalue weighted by atomic mass is 19.4. The van der Waals surface area contributed by atoms with E-state index in [1.165, 1.54) is 0 Å². The zero-order valence-corrected chi connectivity index (χ0v) is 16.0. The molecule has 0 aliphatic carbocycles. The largest absolute Gasteiger partial charge is 0.467 e. The molecule has 0 aromatic rings. The maximum atomic E-state index is 13.7. The molecule has 0 aromatic heterocycles. The van der Waals surface area contributed by atoms with Crippen molar-refractivity contribution < 1.29 is 80.2 Å². The van der Waals surface area contributed by atoms with Crippen molar-refractivity contribution in [2.24, 2.45) is 5.92 Å². The van der Waals surface area contributed by atoms with E-state index < -0.39 is 65.5 Å². The van der Waals surface area contributed by atoms with Gasteiger partial charge < -0.3 is 10.1 Å². The highest BCUT2D eigenvalue weighted by Crippen LogP contribution is 2.62. The highest BCUT2D eigenvalue weighted by Gasteiger charge is 2.94. The molecule has 1 atom stereocenters. The van der Waals surface area contributed by atoms with Gasteiger partial charge in [-0.1, -0.05) is 13.8 Å². The van der Waals surface area contributed by atoms with Crippen molar-refractivity contribution in [3.8, 4) is 0 Å². The van der Waals surface area contributed by atoms with Gasteiger partial charge in [-0.15, -0.1) is 0 Å². The molecule has 4 nitrogen and oxygen atoms in total. The summed E-state index contributed by atoms with van der Waals surface area (Å²) in [6, 6.07) is -2.32. The van der Waals surface area contributed by atoms with Crippen LogP contribution in [0, 0.1) is 5.92 Å². The smallest absolute Gasteiger partial charge is 0.460 e. The fourth-order valence-corrected chi connectivity index (χ4v) is 1.97. The van der Waals surface area contributed by atoms with Gasteiger partial charge in [0.1, 0.15) is 6.04 Å². The van der Waals surface area contributed by atoms with Crippen molar-refractivity contribution >= 4 is 11.9 Å². The minimum atomic E-state index is -8.51. The van der Waals surface area contributed by atoms with Crippen LogP contribution in [-0.4, -0.2) is 66.7 Å². The maximum Gasteiger partial charge on any atom is 0.460 e. The van der Waals surface area contributed by atoms with E-state index in [9.17, 15) is 75.4 Å². The maximum absolute atomic E-state index is 13.7. The second-order valence-electron chi connectivity index (χ2n) is 6.66. The fourth-order valence-electron chi connectivity index (χ4n) is 1.97. The molecule has 0 saturated heterocycles. The van der Waals surface area contributed by atoms with Gasteiger partial charge in [0, 0.05) is 0 Å². The van der Waals surface area contributed by atoms with Crippen molar-refractivity contribution in [1.29, 1.82) is 0 Å². The number of amides is 1. The lowest BCUT2D eigenvalue weighted by Crippen LogP contribution is -2.74. The molecule has 0 fully saturated rings. The van der Waals surface area contributed by atoms with Crippen LogP contribution < -0.4 is 5.32 Å². The molecule has 0 unspecified atom stereocenters. The number of halogens is 15. The van der Waals surface area contributed by atoms with Gasteiger partial charge >= 0.3 is 47.7 Å². The summed E-state index contributed by atoms with van der Waals surface area (Å²) in [7, 11) is 0.564. The molecule has 0 saturated carbocycles. The lowest BCUT2D eigenvalue weighted by Gasteiger charge is -2.41. The van der Waals surface area contributed by atoms with E-state index in [2.05, 4.69) is 4.74 Å². The third kappa shape index (κ3) is 4.50. The lowest BCUT2D eigenvalue weighted by atomic mass is 9.90. The van der Waals surface area contributed by atoms with Crippen molar-refractivity contribution in [2.75, 3.05) is 7.11 Å². The number of hydrogen-bond acceptors (Lipinski definition) is 3. The Hall–Kier alpha value is -2.11. The zero-order valence-electron chi connectivity index (χ0n) is 16.0. The first kappa shape index (κ1) is 30.9. The van der Waals surface area contributed by atoms with Crippen LogP contribution >= 0.6 is 0 Å². The van der Waals surface area contributed by atoms with E-state index in [0.717, 1.165) is 13.8 Å². The van der Waals surface area contributed by atoms with Crippen molar-refractivity contribution in [3.63, 3.8) is 0 Å². The van der Waals surface area contributed by atoms with E-state index in [1.807, 2.05) is 0 Å². The minimum Gasteiger partial charge on any atom is -0.467 e. The van der Waals surface area contributed by atoms with Crippen molar-refractivity contribution in [3.05, 3.63) is 0 Å². The molecule has 0 spiro atoms. The number of hydrogen-bond donors (Lipinski definition) is 1. The molecule has 19 heteroatoms. The number of esters is 1. The molecule has 196 valence electrons. The molecular formula is C14H12F15NO3. The topological polar surface area (TPSA) is 55.4 Å². The first-order valence-electron chi connectivity index (χ1n) is 7.92. The summed E-state index contributed by atoms with van der Waals surface area (Å²) in [5.41, 5.74) is 0. The number of nitrogens with one attached hydrogen (secondary N) is 1. The van der Waals surface area contributed by atoms with E-state index in [-0.39, 0.29) is 0 Å². The summed E-state index contributed by atoms with van der Waals surface area (Å²) in [5.74, 6) is -55.2. The van der Waals surface area contributed by atoms with E-state index in [4.69, 9.17) is 0 Å². The number of rotatable bonds is 9. The molecule has 0 aromatic carbocycles. The summed E-state index contributed by atoms with van der Waals surface area (Å²) < 4.78 is 200. The van der Waals surface area contributed by atoms with Crippen LogP contribution in [0.1, 0.15) is 13.8 Å². The third-order valence-corrected chi connectivity index (χ3v) is 4.02. The Morgan fingerprint density at radius 1 is 0.636 bits per heavy atom. The molecule has 0 aliphatic heterocycles. The SMILES string of the molecule is COC(=O)[C@@H](NC(=O)C(F)(F)C(F)(F)C(F)(F)C(F)(F)C(F)(F)C(F)(F)C(F)(F)F)C(C)C. The van der Waals surface area contributed by atoms with Gasteiger partial charge in [0.05, 0.1) is 7.11 Å². The average molecular weight is 527 g/mol. The minimum absolute atomic E-state index is 0.564. The van der Waals surface area contributed by atoms with Crippen molar-refractivity contribution in [1.82, 2.24) is 5.32 Å². The Balaban J connectivity index is 6.53. The van der Waals surface area contributed by atoms with Gasteiger partial charge in [-0.2, -0.15) is 65.9 Å². The van der Waals surface area contributed by atoms with Gasteiger partial charge in [0.2, 0.25) is 0 Å².